The van der Waals surface area contributed by atoms with Crippen LogP contribution in [0.15, 0.2) is 36.4 Å². The fourth-order valence-electron chi connectivity index (χ4n) is 2.46. The number of halogens is 1. The van der Waals surface area contributed by atoms with Crippen LogP contribution in [0.1, 0.15) is 58.4 Å². The minimum Gasteiger partial charge on any atom is -0.207 e. The predicted octanol–water partition coefficient (Wildman–Crippen LogP) is 5.63. The van der Waals surface area contributed by atoms with Crippen molar-refractivity contribution in [3.8, 4) is 0 Å². The molecule has 18 heavy (non-hydrogen) atoms. The van der Waals surface area contributed by atoms with Crippen LogP contribution < -0.4 is 0 Å². The molecule has 1 atom stereocenters. The minimum atomic E-state index is -0.170. The van der Waals surface area contributed by atoms with E-state index in [1.54, 1.807) is 12.1 Å². The third-order valence-electron chi connectivity index (χ3n) is 3.97. The lowest BCUT2D eigenvalue weighted by molar-refractivity contribution is 0.464. The zero-order chi connectivity index (χ0) is 13.6. The van der Waals surface area contributed by atoms with Gasteiger partial charge in [0.1, 0.15) is 5.82 Å². The Morgan fingerprint density at radius 1 is 1.17 bits per heavy atom. The molecule has 1 aromatic rings. The van der Waals surface area contributed by atoms with Crippen LogP contribution in [0.3, 0.4) is 0 Å². The lowest BCUT2D eigenvalue weighted by atomic mass is 9.72. The Morgan fingerprint density at radius 3 is 2.28 bits per heavy atom. The highest BCUT2D eigenvalue weighted by atomic mass is 19.1. The Bertz CT molecular complexity index is 377. The molecule has 0 aromatic heterocycles. The van der Waals surface area contributed by atoms with Crippen molar-refractivity contribution in [2.45, 2.75) is 58.3 Å². The summed E-state index contributed by atoms with van der Waals surface area (Å²) in [5.41, 5.74) is 2.41. The maximum absolute atomic E-state index is 13.0. The number of hydrogen-bond acceptors (Lipinski definition) is 0. The van der Waals surface area contributed by atoms with Crippen LogP contribution in [0, 0.1) is 5.82 Å². The van der Waals surface area contributed by atoms with Crippen molar-refractivity contribution in [3.63, 3.8) is 0 Å². The van der Waals surface area contributed by atoms with Crippen LogP contribution in [0.5, 0.6) is 0 Å². The summed E-state index contributed by atoms with van der Waals surface area (Å²) < 4.78 is 13.0. The summed E-state index contributed by atoms with van der Waals surface area (Å²) in [6.45, 7) is 10.8. The minimum absolute atomic E-state index is 0.0163. The summed E-state index contributed by atoms with van der Waals surface area (Å²) >= 11 is 0. The van der Waals surface area contributed by atoms with Crippen molar-refractivity contribution in [2.24, 2.45) is 0 Å². The molecule has 0 radical (unpaired) electrons. The highest BCUT2D eigenvalue weighted by molar-refractivity contribution is 5.34. The molecule has 1 unspecified atom stereocenters. The molecule has 0 amide bonds. The average Bonchev–Trinajstić information content (AvgIpc) is 2.38. The molecular formula is C17H25F. The molecule has 0 fully saturated rings. The van der Waals surface area contributed by atoms with Crippen molar-refractivity contribution >= 4 is 0 Å². The van der Waals surface area contributed by atoms with E-state index in [2.05, 4.69) is 27.4 Å². The first-order valence-electron chi connectivity index (χ1n) is 6.99. The van der Waals surface area contributed by atoms with Gasteiger partial charge >= 0.3 is 0 Å². The molecule has 0 saturated heterocycles. The highest BCUT2D eigenvalue weighted by Gasteiger charge is 2.28. The van der Waals surface area contributed by atoms with E-state index in [1.165, 1.54) is 30.4 Å². The van der Waals surface area contributed by atoms with Crippen LogP contribution in [0.25, 0.3) is 0 Å². The average molecular weight is 248 g/mol. The Morgan fingerprint density at radius 2 is 1.78 bits per heavy atom. The Kier molecular flexibility index (Phi) is 5.58. The van der Waals surface area contributed by atoms with Gasteiger partial charge in [0.15, 0.2) is 0 Å². The van der Waals surface area contributed by atoms with Gasteiger partial charge in [-0.3, -0.25) is 0 Å². The van der Waals surface area contributed by atoms with Crippen molar-refractivity contribution in [2.75, 3.05) is 0 Å². The second-order valence-electron chi connectivity index (χ2n) is 5.25. The number of allylic oxidation sites excluding steroid dienone is 1. The van der Waals surface area contributed by atoms with Crippen molar-refractivity contribution in [3.05, 3.63) is 47.8 Å². The standard InChI is InChI=1S/C17H25F/c1-5-7-8-13-17(4,14(3)6-2)15-9-11-16(18)12-10-15/h9-12H,3,5-8,13H2,1-2,4H3. The van der Waals surface area contributed by atoms with E-state index in [9.17, 15) is 4.39 Å². The lowest BCUT2D eigenvalue weighted by Crippen LogP contribution is -2.24. The molecule has 0 bridgehead atoms. The number of benzene rings is 1. The molecular weight excluding hydrogens is 223 g/mol. The quantitative estimate of drug-likeness (QED) is 0.433. The SMILES string of the molecule is C=C(CC)C(C)(CCCCC)c1ccc(F)cc1. The van der Waals surface area contributed by atoms with Gasteiger partial charge < -0.3 is 0 Å². The van der Waals surface area contributed by atoms with Gasteiger partial charge in [-0.2, -0.15) is 0 Å². The third kappa shape index (κ3) is 3.44. The van der Waals surface area contributed by atoms with Gasteiger partial charge in [0.25, 0.3) is 0 Å². The molecule has 0 spiro atoms. The van der Waals surface area contributed by atoms with E-state index in [-0.39, 0.29) is 11.2 Å². The normalized spacial score (nSPS) is 14.2. The summed E-state index contributed by atoms with van der Waals surface area (Å²) in [6, 6.07) is 6.91. The zero-order valence-corrected chi connectivity index (χ0v) is 11.9. The van der Waals surface area contributed by atoms with Crippen LogP contribution in [-0.4, -0.2) is 0 Å². The van der Waals surface area contributed by atoms with Gasteiger partial charge in [-0.15, -0.1) is 0 Å². The second-order valence-corrected chi connectivity index (χ2v) is 5.25. The van der Waals surface area contributed by atoms with Gasteiger partial charge in [-0.05, 0) is 30.5 Å². The molecule has 0 saturated carbocycles. The zero-order valence-electron chi connectivity index (χ0n) is 11.9. The van der Waals surface area contributed by atoms with Crippen molar-refractivity contribution < 1.29 is 4.39 Å². The summed E-state index contributed by atoms with van der Waals surface area (Å²) in [6.07, 6.45) is 5.73. The first-order chi connectivity index (χ1) is 8.54. The number of unbranched alkanes of at least 4 members (excludes halogenated alkanes) is 2. The van der Waals surface area contributed by atoms with Gasteiger partial charge in [-0.25, -0.2) is 4.39 Å². The Balaban J connectivity index is 2.96. The molecule has 1 heteroatoms. The van der Waals surface area contributed by atoms with Gasteiger partial charge in [0.2, 0.25) is 0 Å². The van der Waals surface area contributed by atoms with Crippen molar-refractivity contribution in [1.29, 1.82) is 0 Å². The van der Waals surface area contributed by atoms with Crippen LogP contribution in [0.2, 0.25) is 0 Å². The molecule has 0 aliphatic heterocycles. The molecule has 0 heterocycles. The molecule has 1 rings (SSSR count). The fourth-order valence-corrected chi connectivity index (χ4v) is 2.46. The van der Waals surface area contributed by atoms with E-state index in [1.807, 2.05) is 12.1 Å². The summed E-state index contributed by atoms with van der Waals surface area (Å²) in [7, 11) is 0. The van der Waals surface area contributed by atoms with Gasteiger partial charge in [0.05, 0.1) is 0 Å². The molecule has 1 aromatic carbocycles. The molecule has 0 nitrogen and oxygen atoms in total. The highest BCUT2D eigenvalue weighted by Crippen LogP contribution is 2.37. The fraction of sp³-hybridized carbons (Fsp3) is 0.529. The summed E-state index contributed by atoms with van der Waals surface area (Å²) in [5, 5.41) is 0. The van der Waals surface area contributed by atoms with Crippen LogP contribution in [0.4, 0.5) is 4.39 Å². The number of rotatable bonds is 7. The number of hydrogen-bond donors (Lipinski definition) is 0. The largest absolute Gasteiger partial charge is 0.207 e. The van der Waals surface area contributed by atoms with Gasteiger partial charge in [-0.1, -0.05) is 64.3 Å². The van der Waals surface area contributed by atoms with E-state index in [4.69, 9.17) is 0 Å². The van der Waals surface area contributed by atoms with Crippen LogP contribution in [-0.2, 0) is 5.41 Å². The molecule has 0 N–H and O–H groups in total. The summed E-state index contributed by atoms with van der Waals surface area (Å²) in [4.78, 5) is 0. The smallest absolute Gasteiger partial charge is 0.123 e. The topological polar surface area (TPSA) is 0 Å². The first kappa shape index (κ1) is 14.9. The maximum Gasteiger partial charge on any atom is 0.123 e. The van der Waals surface area contributed by atoms with Crippen LogP contribution >= 0.6 is 0 Å². The van der Waals surface area contributed by atoms with Crippen molar-refractivity contribution in [1.82, 2.24) is 0 Å². The Labute approximate surface area is 111 Å². The first-order valence-corrected chi connectivity index (χ1v) is 6.99. The Hall–Kier alpha value is -1.11. The van der Waals surface area contributed by atoms with E-state index < -0.39 is 0 Å². The maximum atomic E-state index is 13.0. The van der Waals surface area contributed by atoms with E-state index in [0.717, 1.165) is 12.8 Å². The van der Waals surface area contributed by atoms with E-state index >= 15 is 0 Å². The lowest BCUT2D eigenvalue weighted by Gasteiger charge is -2.32. The second kappa shape index (κ2) is 6.72. The monoisotopic (exact) mass is 248 g/mol. The molecule has 0 aliphatic rings. The third-order valence-corrected chi connectivity index (χ3v) is 3.97. The summed E-state index contributed by atoms with van der Waals surface area (Å²) in [5.74, 6) is -0.170. The molecule has 0 aliphatic carbocycles. The van der Waals surface area contributed by atoms with E-state index in [0.29, 0.717) is 0 Å². The van der Waals surface area contributed by atoms with Gasteiger partial charge in [0, 0.05) is 5.41 Å². The molecule has 100 valence electrons. The predicted molar refractivity (Wildman–Crippen MR) is 77.3 cm³/mol.